The summed E-state index contributed by atoms with van der Waals surface area (Å²) < 4.78 is 0. The maximum absolute atomic E-state index is 12.4. The van der Waals surface area contributed by atoms with E-state index >= 15 is 0 Å². The molecular formula is C15H14N4O2. The minimum Gasteiger partial charge on any atom is -0.350 e. The Morgan fingerprint density at radius 3 is 2.76 bits per heavy atom. The Bertz CT molecular complexity index is 777. The highest BCUT2D eigenvalue weighted by atomic mass is 16.2. The molecule has 6 heteroatoms. The van der Waals surface area contributed by atoms with Crippen LogP contribution in [0.1, 0.15) is 29.7 Å². The summed E-state index contributed by atoms with van der Waals surface area (Å²) >= 11 is 0. The number of nitriles is 1. The molecule has 0 saturated heterocycles. The highest BCUT2D eigenvalue weighted by Gasteiger charge is 2.51. The molecule has 1 heterocycles. The van der Waals surface area contributed by atoms with Crippen LogP contribution in [-0.2, 0) is 16.8 Å². The van der Waals surface area contributed by atoms with Crippen LogP contribution in [0.5, 0.6) is 0 Å². The lowest BCUT2D eigenvalue weighted by Crippen LogP contribution is -2.34. The average molecular weight is 282 g/mol. The minimum absolute atomic E-state index is 0.0698. The molecule has 1 aromatic heterocycles. The molecule has 21 heavy (non-hydrogen) atoms. The molecule has 3 N–H and O–H groups in total. The quantitative estimate of drug-likeness (QED) is 0.777. The van der Waals surface area contributed by atoms with Gasteiger partial charge in [-0.1, -0.05) is 12.1 Å². The van der Waals surface area contributed by atoms with Crippen LogP contribution in [0.15, 0.2) is 35.1 Å². The van der Waals surface area contributed by atoms with E-state index in [4.69, 9.17) is 5.26 Å². The Morgan fingerprint density at radius 2 is 2.14 bits per heavy atom. The second-order valence-electron chi connectivity index (χ2n) is 5.24. The largest absolute Gasteiger partial charge is 0.350 e. The van der Waals surface area contributed by atoms with E-state index in [0.29, 0.717) is 11.3 Å². The third-order valence-electron chi connectivity index (χ3n) is 3.82. The summed E-state index contributed by atoms with van der Waals surface area (Å²) in [4.78, 5) is 23.4. The fourth-order valence-corrected chi connectivity index (χ4v) is 2.47. The highest BCUT2D eigenvalue weighted by Crippen LogP contribution is 2.48. The molecule has 0 radical (unpaired) electrons. The third kappa shape index (κ3) is 2.46. The summed E-state index contributed by atoms with van der Waals surface area (Å²) in [5.74, 6) is -0.0698. The van der Waals surface area contributed by atoms with Crippen LogP contribution in [-0.4, -0.2) is 16.1 Å². The summed E-state index contributed by atoms with van der Waals surface area (Å²) in [6.45, 7) is 0.275. The van der Waals surface area contributed by atoms with Gasteiger partial charge in [-0.3, -0.25) is 14.7 Å². The SMILES string of the molecule is N#Cc1cccc(C2(C(=O)NCc3cc(=O)[nH][nH]3)CC2)c1. The monoisotopic (exact) mass is 282 g/mol. The maximum atomic E-state index is 12.4. The van der Waals surface area contributed by atoms with Gasteiger partial charge in [0.15, 0.2) is 0 Å². The summed E-state index contributed by atoms with van der Waals surface area (Å²) in [5, 5.41) is 16.9. The molecule has 1 aliphatic rings. The van der Waals surface area contributed by atoms with Crippen molar-refractivity contribution in [2.45, 2.75) is 24.8 Å². The van der Waals surface area contributed by atoms with E-state index in [1.807, 2.05) is 6.07 Å². The maximum Gasteiger partial charge on any atom is 0.264 e. The number of carbonyl (C=O) groups is 1. The van der Waals surface area contributed by atoms with Gasteiger partial charge in [0, 0.05) is 6.07 Å². The van der Waals surface area contributed by atoms with Gasteiger partial charge < -0.3 is 10.4 Å². The Hall–Kier alpha value is -2.81. The topological polar surface area (TPSA) is 102 Å². The van der Waals surface area contributed by atoms with E-state index in [-0.39, 0.29) is 18.0 Å². The summed E-state index contributed by atoms with van der Waals surface area (Å²) in [6, 6.07) is 10.7. The molecule has 1 aromatic carbocycles. The molecular weight excluding hydrogens is 268 g/mol. The molecule has 2 aromatic rings. The van der Waals surface area contributed by atoms with Crippen LogP contribution >= 0.6 is 0 Å². The zero-order valence-corrected chi connectivity index (χ0v) is 11.3. The zero-order valence-electron chi connectivity index (χ0n) is 11.3. The summed E-state index contributed by atoms with van der Waals surface area (Å²) in [7, 11) is 0. The first kappa shape index (κ1) is 13.2. The van der Waals surface area contributed by atoms with E-state index in [1.54, 1.807) is 18.2 Å². The van der Waals surface area contributed by atoms with Crippen LogP contribution in [0, 0.1) is 11.3 Å². The van der Waals surface area contributed by atoms with Crippen LogP contribution in [0.25, 0.3) is 0 Å². The fourth-order valence-electron chi connectivity index (χ4n) is 2.47. The van der Waals surface area contributed by atoms with Crippen LogP contribution in [0.4, 0.5) is 0 Å². The van der Waals surface area contributed by atoms with Gasteiger partial charge >= 0.3 is 0 Å². The molecule has 1 fully saturated rings. The van der Waals surface area contributed by atoms with Gasteiger partial charge in [0.1, 0.15) is 0 Å². The molecule has 3 rings (SSSR count). The van der Waals surface area contributed by atoms with Crippen molar-refractivity contribution in [3.8, 4) is 6.07 Å². The molecule has 6 nitrogen and oxygen atoms in total. The van der Waals surface area contributed by atoms with Gasteiger partial charge in [0.25, 0.3) is 5.56 Å². The lowest BCUT2D eigenvalue weighted by atomic mass is 9.93. The number of H-pyrrole nitrogens is 2. The van der Waals surface area contributed by atoms with E-state index in [1.165, 1.54) is 6.07 Å². The predicted molar refractivity (Wildman–Crippen MR) is 75.3 cm³/mol. The number of hydrogen-bond donors (Lipinski definition) is 3. The van der Waals surface area contributed by atoms with Crippen LogP contribution in [0.3, 0.4) is 0 Å². The van der Waals surface area contributed by atoms with Gasteiger partial charge in [-0.25, -0.2) is 0 Å². The Kier molecular flexibility index (Phi) is 3.10. The van der Waals surface area contributed by atoms with Gasteiger partial charge in [0.2, 0.25) is 5.91 Å². The van der Waals surface area contributed by atoms with Gasteiger partial charge in [0.05, 0.1) is 29.3 Å². The predicted octanol–water partition coefficient (Wildman–Crippen LogP) is 0.923. The number of carbonyl (C=O) groups excluding carboxylic acids is 1. The first-order valence-electron chi connectivity index (χ1n) is 6.69. The van der Waals surface area contributed by atoms with Crippen LogP contribution in [0.2, 0.25) is 0 Å². The van der Waals surface area contributed by atoms with Crippen molar-refractivity contribution >= 4 is 5.91 Å². The minimum atomic E-state index is -0.524. The number of aromatic amines is 2. The number of benzene rings is 1. The molecule has 0 spiro atoms. The van der Waals surface area contributed by atoms with E-state index in [0.717, 1.165) is 18.4 Å². The van der Waals surface area contributed by atoms with Crippen molar-refractivity contribution in [3.63, 3.8) is 0 Å². The molecule has 0 bridgehead atoms. The van der Waals surface area contributed by atoms with Gasteiger partial charge in [-0.15, -0.1) is 0 Å². The number of nitrogens with one attached hydrogen (secondary N) is 3. The number of amides is 1. The van der Waals surface area contributed by atoms with Crippen molar-refractivity contribution in [1.82, 2.24) is 15.5 Å². The second kappa shape index (κ2) is 4.94. The Morgan fingerprint density at radius 1 is 1.33 bits per heavy atom. The average Bonchev–Trinajstić information content (AvgIpc) is 3.22. The Labute approximate surface area is 120 Å². The third-order valence-corrected chi connectivity index (χ3v) is 3.82. The fraction of sp³-hybridized carbons (Fsp3) is 0.267. The molecule has 1 saturated carbocycles. The van der Waals surface area contributed by atoms with Crippen molar-refractivity contribution in [2.75, 3.05) is 0 Å². The smallest absolute Gasteiger partial charge is 0.264 e. The van der Waals surface area contributed by atoms with Gasteiger partial charge in [-0.05, 0) is 30.5 Å². The van der Waals surface area contributed by atoms with Gasteiger partial charge in [-0.2, -0.15) is 5.26 Å². The lowest BCUT2D eigenvalue weighted by molar-refractivity contribution is -0.123. The first-order valence-corrected chi connectivity index (χ1v) is 6.69. The van der Waals surface area contributed by atoms with Crippen molar-refractivity contribution in [2.24, 2.45) is 0 Å². The normalized spacial score (nSPS) is 15.2. The van der Waals surface area contributed by atoms with Crippen molar-refractivity contribution < 1.29 is 4.79 Å². The molecule has 1 amide bonds. The Balaban J connectivity index is 1.74. The molecule has 0 unspecified atom stereocenters. The highest BCUT2D eigenvalue weighted by molar-refractivity contribution is 5.91. The van der Waals surface area contributed by atoms with E-state index in [2.05, 4.69) is 21.6 Å². The van der Waals surface area contributed by atoms with Crippen molar-refractivity contribution in [1.29, 1.82) is 5.26 Å². The lowest BCUT2D eigenvalue weighted by Gasteiger charge is -2.15. The van der Waals surface area contributed by atoms with Crippen LogP contribution < -0.4 is 10.9 Å². The van der Waals surface area contributed by atoms with Crippen molar-refractivity contribution in [3.05, 3.63) is 57.5 Å². The summed E-state index contributed by atoms with van der Waals surface area (Å²) in [6.07, 6.45) is 1.55. The molecule has 106 valence electrons. The number of aromatic nitrogens is 2. The summed E-state index contributed by atoms with van der Waals surface area (Å²) in [5.41, 5.74) is 1.32. The molecule has 0 atom stereocenters. The number of nitrogens with zero attached hydrogens (tertiary/aromatic N) is 1. The molecule has 1 aliphatic carbocycles. The van der Waals surface area contributed by atoms with E-state index in [9.17, 15) is 9.59 Å². The zero-order chi connectivity index (χ0) is 14.9. The number of rotatable bonds is 4. The molecule has 0 aliphatic heterocycles. The van der Waals surface area contributed by atoms with E-state index < -0.39 is 5.41 Å². The number of hydrogen-bond acceptors (Lipinski definition) is 3. The standard InChI is InChI=1S/C15H14N4O2/c16-8-10-2-1-3-11(6-10)15(4-5-15)14(21)17-9-12-7-13(20)19-18-12/h1-3,6-7H,4-5,9H2,(H,17,21)(H2,18,19,20). The first-order chi connectivity index (χ1) is 10.1. The second-order valence-corrected chi connectivity index (χ2v) is 5.24.